The van der Waals surface area contributed by atoms with Crippen LogP contribution in [0.1, 0.15) is 32.1 Å². The van der Waals surface area contributed by atoms with Crippen molar-refractivity contribution in [3.63, 3.8) is 0 Å². The molecule has 4 nitrogen and oxygen atoms in total. The molecule has 0 aromatic heterocycles. The Morgan fingerprint density at radius 1 is 1.00 bits per heavy atom. The van der Waals surface area contributed by atoms with Crippen LogP contribution in [0.2, 0.25) is 0 Å². The van der Waals surface area contributed by atoms with Crippen LogP contribution in [0.5, 0.6) is 5.75 Å². The van der Waals surface area contributed by atoms with E-state index in [2.05, 4.69) is 28.4 Å². The maximum Gasteiger partial charge on any atom is 0.143 e. The van der Waals surface area contributed by atoms with Crippen LogP contribution >= 0.6 is 0 Å². The number of nitrogens with one attached hydrogen (secondary N) is 1. The van der Waals surface area contributed by atoms with Crippen LogP contribution in [0.15, 0.2) is 24.3 Å². The molecule has 4 heteroatoms. The number of para-hydroxylation sites is 2. The summed E-state index contributed by atoms with van der Waals surface area (Å²) >= 11 is 0. The first kappa shape index (κ1) is 15.3. The van der Waals surface area contributed by atoms with E-state index in [1.54, 1.807) is 0 Å². The Kier molecular flexibility index (Phi) is 4.45. The van der Waals surface area contributed by atoms with Crippen molar-refractivity contribution < 1.29 is 9.84 Å². The Labute approximate surface area is 138 Å². The molecule has 2 heterocycles. The molecular formula is C19H28N2O2. The number of benzene rings is 1. The number of anilines is 1. The fourth-order valence-electron chi connectivity index (χ4n) is 4.50. The van der Waals surface area contributed by atoms with E-state index in [4.69, 9.17) is 4.74 Å². The van der Waals surface area contributed by atoms with Gasteiger partial charge in [-0.3, -0.25) is 0 Å². The average Bonchev–Trinajstić information content (AvgIpc) is 3.03. The van der Waals surface area contributed by atoms with E-state index < -0.39 is 0 Å². The molecule has 0 bridgehead atoms. The lowest BCUT2D eigenvalue weighted by Crippen LogP contribution is -2.42. The molecule has 1 saturated carbocycles. The summed E-state index contributed by atoms with van der Waals surface area (Å²) in [5.74, 6) is 2.23. The van der Waals surface area contributed by atoms with E-state index in [-0.39, 0.29) is 12.2 Å². The minimum Gasteiger partial charge on any atom is -0.486 e. The maximum absolute atomic E-state index is 10.5. The highest BCUT2D eigenvalue weighted by atomic mass is 16.5. The summed E-state index contributed by atoms with van der Waals surface area (Å²) < 4.78 is 6.34. The van der Waals surface area contributed by atoms with Crippen molar-refractivity contribution in [3.8, 4) is 5.75 Å². The summed E-state index contributed by atoms with van der Waals surface area (Å²) in [7, 11) is 0. The Bertz CT molecular complexity index is 530. The standard InChI is InChI=1S/C19H28N2O2/c22-17-10-14-12-20-13-15(14)11-19(17)23-18-7-3-2-6-16(18)21-8-4-1-5-9-21/h2-3,6-7,14-15,17,19-20,22H,1,4-5,8-13H2/t14-,15+,17+,19+/m0/s1. The van der Waals surface area contributed by atoms with Crippen molar-refractivity contribution in [1.82, 2.24) is 5.32 Å². The third kappa shape index (κ3) is 3.20. The van der Waals surface area contributed by atoms with Crippen LogP contribution < -0.4 is 15.0 Å². The molecular weight excluding hydrogens is 288 g/mol. The molecule has 2 saturated heterocycles. The molecule has 2 aliphatic heterocycles. The van der Waals surface area contributed by atoms with Gasteiger partial charge in [-0.1, -0.05) is 12.1 Å². The third-order valence-corrected chi connectivity index (χ3v) is 5.83. The number of aliphatic hydroxyl groups excluding tert-OH is 1. The Morgan fingerprint density at radius 2 is 1.74 bits per heavy atom. The van der Waals surface area contributed by atoms with Crippen molar-refractivity contribution in [2.45, 2.75) is 44.3 Å². The molecule has 1 aliphatic carbocycles. The summed E-state index contributed by atoms with van der Waals surface area (Å²) in [5.41, 5.74) is 1.20. The van der Waals surface area contributed by atoms with Gasteiger partial charge in [0.25, 0.3) is 0 Å². The van der Waals surface area contributed by atoms with E-state index in [1.807, 2.05) is 6.07 Å². The predicted molar refractivity (Wildman–Crippen MR) is 92.0 cm³/mol. The number of hydrogen-bond acceptors (Lipinski definition) is 4. The summed E-state index contributed by atoms with van der Waals surface area (Å²) in [4.78, 5) is 2.44. The number of hydrogen-bond donors (Lipinski definition) is 2. The second kappa shape index (κ2) is 6.70. The SMILES string of the molecule is O[C@@H]1C[C@H]2CNC[C@H]2C[C@H]1Oc1ccccc1N1CCCCC1. The van der Waals surface area contributed by atoms with Crippen LogP contribution in [0.3, 0.4) is 0 Å². The minimum atomic E-state index is -0.342. The third-order valence-electron chi connectivity index (χ3n) is 5.83. The van der Waals surface area contributed by atoms with E-state index in [9.17, 15) is 5.11 Å². The van der Waals surface area contributed by atoms with Gasteiger partial charge in [0.1, 0.15) is 11.9 Å². The molecule has 0 radical (unpaired) electrons. The summed E-state index contributed by atoms with van der Waals surface area (Å²) in [6.07, 6.45) is 5.27. The van der Waals surface area contributed by atoms with Crippen molar-refractivity contribution in [2.24, 2.45) is 11.8 Å². The van der Waals surface area contributed by atoms with Crippen LogP contribution in [0.25, 0.3) is 0 Å². The first-order chi connectivity index (χ1) is 11.3. The number of fused-ring (bicyclic) bond motifs is 1. The van der Waals surface area contributed by atoms with Crippen LogP contribution in [0.4, 0.5) is 5.69 Å². The molecule has 126 valence electrons. The van der Waals surface area contributed by atoms with Gasteiger partial charge in [0.15, 0.2) is 0 Å². The fourth-order valence-corrected chi connectivity index (χ4v) is 4.50. The Hall–Kier alpha value is -1.26. The molecule has 4 atom stereocenters. The molecule has 2 N–H and O–H groups in total. The molecule has 1 aromatic carbocycles. The highest BCUT2D eigenvalue weighted by Gasteiger charge is 2.40. The molecule has 3 fully saturated rings. The van der Waals surface area contributed by atoms with Crippen LogP contribution in [-0.4, -0.2) is 43.5 Å². The van der Waals surface area contributed by atoms with Gasteiger partial charge in [0, 0.05) is 13.1 Å². The zero-order valence-electron chi connectivity index (χ0n) is 13.8. The quantitative estimate of drug-likeness (QED) is 0.899. The smallest absolute Gasteiger partial charge is 0.143 e. The lowest BCUT2D eigenvalue weighted by atomic mass is 9.78. The van der Waals surface area contributed by atoms with Gasteiger partial charge in [-0.25, -0.2) is 0 Å². The maximum atomic E-state index is 10.5. The van der Waals surface area contributed by atoms with E-state index in [1.165, 1.54) is 24.9 Å². The molecule has 3 aliphatic rings. The van der Waals surface area contributed by atoms with Crippen molar-refractivity contribution >= 4 is 5.69 Å². The van der Waals surface area contributed by atoms with E-state index >= 15 is 0 Å². The number of rotatable bonds is 3. The van der Waals surface area contributed by atoms with Crippen molar-refractivity contribution in [1.29, 1.82) is 0 Å². The number of piperidine rings is 1. The second-order valence-electron chi connectivity index (χ2n) is 7.39. The van der Waals surface area contributed by atoms with Crippen molar-refractivity contribution in [2.75, 3.05) is 31.1 Å². The van der Waals surface area contributed by atoms with E-state index in [0.29, 0.717) is 11.8 Å². The lowest BCUT2D eigenvalue weighted by molar-refractivity contribution is -0.0229. The molecule has 23 heavy (non-hydrogen) atoms. The molecule has 1 aromatic rings. The molecule has 4 rings (SSSR count). The highest BCUT2D eigenvalue weighted by molar-refractivity contribution is 5.58. The molecule has 0 unspecified atom stereocenters. The zero-order valence-corrected chi connectivity index (χ0v) is 13.8. The number of aliphatic hydroxyl groups is 1. The van der Waals surface area contributed by atoms with Gasteiger partial charge in [-0.2, -0.15) is 0 Å². The molecule has 0 amide bonds. The van der Waals surface area contributed by atoms with Gasteiger partial charge >= 0.3 is 0 Å². The summed E-state index contributed by atoms with van der Waals surface area (Å²) in [5, 5.41) is 14.0. The second-order valence-corrected chi connectivity index (χ2v) is 7.39. The van der Waals surface area contributed by atoms with Crippen LogP contribution in [-0.2, 0) is 0 Å². The Morgan fingerprint density at radius 3 is 2.57 bits per heavy atom. The topological polar surface area (TPSA) is 44.7 Å². The molecule has 0 spiro atoms. The summed E-state index contributed by atoms with van der Waals surface area (Å²) in [6, 6.07) is 8.36. The number of ether oxygens (including phenoxy) is 1. The van der Waals surface area contributed by atoms with Gasteiger partial charge in [0.2, 0.25) is 0 Å². The van der Waals surface area contributed by atoms with Crippen LogP contribution in [0, 0.1) is 11.8 Å². The van der Waals surface area contributed by atoms with Gasteiger partial charge in [-0.15, -0.1) is 0 Å². The van der Waals surface area contributed by atoms with E-state index in [0.717, 1.165) is 44.8 Å². The largest absolute Gasteiger partial charge is 0.486 e. The number of nitrogens with zero attached hydrogens (tertiary/aromatic N) is 1. The monoisotopic (exact) mass is 316 g/mol. The predicted octanol–water partition coefficient (Wildman–Crippen LogP) is 2.41. The van der Waals surface area contributed by atoms with Gasteiger partial charge in [-0.05, 0) is 69.2 Å². The average molecular weight is 316 g/mol. The highest BCUT2D eigenvalue weighted by Crippen LogP contribution is 2.37. The minimum absolute atomic E-state index is 0.0675. The van der Waals surface area contributed by atoms with Crippen molar-refractivity contribution in [3.05, 3.63) is 24.3 Å². The first-order valence-corrected chi connectivity index (χ1v) is 9.20. The normalized spacial score (nSPS) is 34.2. The Balaban J connectivity index is 1.49. The zero-order chi connectivity index (χ0) is 15.6. The van der Waals surface area contributed by atoms with Gasteiger partial charge < -0.3 is 20.1 Å². The first-order valence-electron chi connectivity index (χ1n) is 9.20. The fraction of sp³-hybridized carbons (Fsp3) is 0.684. The lowest BCUT2D eigenvalue weighted by Gasteiger charge is -2.37. The van der Waals surface area contributed by atoms with Gasteiger partial charge in [0.05, 0.1) is 11.8 Å². The summed E-state index contributed by atoms with van der Waals surface area (Å²) in [6.45, 7) is 4.36.